The number of esters is 1. The van der Waals surface area contributed by atoms with Crippen LogP contribution in [0.25, 0.3) is 5.69 Å². The lowest BCUT2D eigenvalue weighted by atomic mass is 9.96. The first-order chi connectivity index (χ1) is 20.0. The average molecular weight is 606 g/mol. The van der Waals surface area contributed by atoms with E-state index in [4.69, 9.17) is 21.7 Å². The summed E-state index contributed by atoms with van der Waals surface area (Å²) in [5, 5.41) is 3.92. The first-order valence-electron chi connectivity index (χ1n) is 13.1. The van der Waals surface area contributed by atoms with Gasteiger partial charge in [-0.2, -0.15) is 0 Å². The van der Waals surface area contributed by atoms with Gasteiger partial charge >= 0.3 is 5.97 Å². The van der Waals surface area contributed by atoms with Crippen molar-refractivity contribution >= 4 is 44.7 Å². The number of methoxy groups -OCH3 is 2. The maximum Gasteiger partial charge on any atom is 0.339 e. The zero-order chi connectivity index (χ0) is 30.2. The van der Waals surface area contributed by atoms with Gasteiger partial charge in [0, 0.05) is 29.3 Å². The average Bonchev–Trinajstić information content (AvgIpc) is 3.47. The van der Waals surface area contributed by atoms with Crippen LogP contribution in [0.5, 0.6) is 5.75 Å². The van der Waals surface area contributed by atoms with E-state index >= 15 is 0 Å². The second kappa shape index (κ2) is 11.5. The fourth-order valence-corrected chi connectivity index (χ4v) is 6.39. The summed E-state index contributed by atoms with van der Waals surface area (Å²) < 4.78 is 39.0. The largest absolute Gasteiger partial charge is 0.494 e. The molecule has 0 aliphatic carbocycles. The van der Waals surface area contributed by atoms with E-state index in [1.807, 2.05) is 53.6 Å². The molecule has 2 aromatic carbocycles. The number of hydrogen-bond donors (Lipinski definition) is 2. The molecule has 2 aromatic heterocycles. The Morgan fingerprint density at radius 2 is 1.79 bits per heavy atom. The maximum absolute atomic E-state index is 12.7. The summed E-state index contributed by atoms with van der Waals surface area (Å²) in [5.41, 5.74) is 5.77. The molecule has 2 atom stereocenters. The number of anilines is 2. The number of aryl methyl sites for hydroxylation is 1. The Kier molecular flexibility index (Phi) is 7.93. The van der Waals surface area contributed by atoms with Crippen molar-refractivity contribution in [3.8, 4) is 11.4 Å². The van der Waals surface area contributed by atoms with E-state index < -0.39 is 16.0 Å². The van der Waals surface area contributed by atoms with Gasteiger partial charge in [-0.05, 0) is 74.1 Å². The second-order valence-corrected chi connectivity index (χ2v) is 12.1. The summed E-state index contributed by atoms with van der Waals surface area (Å²) in [5.74, 6) is -0.0792. The van der Waals surface area contributed by atoms with E-state index in [0.717, 1.165) is 28.9 Å². The number of carbonyl (C=O) groups is 1. The standard InChI is InChI=1S/C30H31N5O5S2/c1-18-16-22(19(2)34(18)25-12-7-6-10-21(25)29(36)40-4)28-27(24-11-8-9-15-31-24)32-30(41)35(28)20-13-14-23(26(17-20)39-3)33-42(5,37)38/h6-17,27-28,33H,1-5H3,(H,32,41)/t27-,28+/m0/s1. The number of aromatic nitrogens is 2. The van der Waals surface area contributed by atoms with Crippen molar-refractivity contribution in [2.24, 2.45) is 0 Å². The van der Waals surface area contributed by atoms with Crippen molar-refractivity contribution in [3.63, 3.8) is 0 Å². The van der Waals surface area contributed by atoms with Gasteiger partial charge in [0.15, 0.2) is 5.11 Å². The number of hydrogen-bond acceptors (Lipinski definition) is 7. The van der Waals surface area contributed by atoms with Crippen molar-refractivity contribution in [1.82, 2.24) is 14.9 Å². The second-order valence-electron chi connectivity index (χ2n) is 9.93. The highest BCUT2D eigenvalue weighted by Gasteiger charge is 2.42. The van der Waals surface area contributed by atoms with Gasteiger partial charge in [-0.15, -0.1) is 0 Å². The number of nitrogens with one attached hydrogen (secondary N) is 2. The molecule has 0 bridgehead atoms. The van der Waals surface area contributed by atoms with Crippen LogP contribution < -0.4 is 19.7 Å². The van der Waals surface area contributed by atoms with Crippen molar-refractivity contribution in [2.75, 3.05) is 30.1 Å². The number of carbonyl (C=O) groups excluding carboxylic acids is 1. The number of nitrogens with zero attached hydrogens (tertiary/aromatic N) is 3. The van der Waals surface area contributed by atoms with Gasteiger partial charge in [0.25, 0.3) is 0 Å². The summed E-state index contributed by atoms with van der Waals surface area (Å²) in [4.78, 5) is 19.3. The normalized spacial score (nSPS) is 16.7. The highest BCUT2D eigenvalue weighted by molar-refractivity contribution is 7.92. The molecule has 0 saturated carbocycles. The third-order valence-electron chi connectivity index (χ3n) is 7.20. The summed E-state index contributed by atoms with van der Waals surface area (Å²) in [6.45, 7) is 3.99. The molecule has 218 valence electrons. The third kappa shape index (κ3) is 5.42. The Bertz CT molecular complexity index is 1770. The topological polar surface area (TPSA) is 115 Å². The Morgan fingerprint density at radius 3 is 2.45 bits per heavy atom. The molecular weight excluding hydrogens is 574 g/mol. The molecule has 5 rings (SSSR count). The van der Waals surface area contributed by atoms with E-state index in [-0.39, 0.29) is 12.1 Å². The molecule has 1 saturated heterocycles. The highest BCUT2D eigenvalue weighted by atomic mass is 32.2. The first kappa shape index (κ1) is 29.1. The van der Waals surface area contributed by atoms with E-state index in [1.54, 1.807) is 36.5 Å². The summed E-state index contributed by atoms with van der Waals surface area (Å²) >= 11 is 5.89. The van der Waals surface area contributed by atoms with E-state index in [2.05, 4.69) is 21.1 Å². The zero-order valence-corrected chi connectivity index (χ0v) is 25.4. The van der Waals surface area contributed by atoms with Gasteiger partial charge in [0.1, 0.15) is 5.75 Å². The van der Waals surface area contributed by atoms with Crippen LogP contribution in [0.2, 0.25) is 0 Å². The molecule has 0 unspecified atom stereocenters. The van der Waals surface area contributed by atoms with Crippen LogP contribution in [0.3, 0.4) is 0 Å². The Morgan fingerprint density at radius 1 is 1.05 bits per heavy atom. The van der Waals surface area contributed by atoms with Crippen LogP contribution in [0.4, 0.5) is 11.4 Å². The number of sulfonamides is 1. The SMILES string of the molecule is COC(=O)c1ccccc1-n1c(C)cc([C@@H]2[C@H](c3ccccn3)NC(=S)N2c2ccc(NS(C)(=O)=O)c(OC)c2)c1C. The minimum atomic E-state index is -3.52. The molecule has 0 spiro atoms. The summed E-state index contributed by atoms with van der Waals surface area (Å²) in [6, 6.07) is 19.7. The van der Waals surface area contributed by atoms with Crippen LogP contribution in [-0.2, 0) is 14.8 Å². The number of ether oxygens (including phenoxy) is 2. The van der Waals surface area contributed by atoms with Crippen molar-refractivity contribution in [1.29, 1.82) is 0 Å². The van der Waals surface area contributed by atoms with Crippen molar-refractivity contribution < 1.29 is 22.7 Å². The van der Waals surface area contributed by atoms with Gasteiger partial charge in [0.2, 0.25) is 10.0 Å². The lowest BCUT2D eigenvalue weighted by molar-refractivity contribution is 0.0600. The van der Waals surface area contributed by atoms with Gasteiger partial charge in [0.05, 0.1) is 55.2 Å². The number of para-hydroxylation sites is 1. The fraction of sp³-hybridized carbons (Fsp3) is 0.233. The Hall–Kier alpha value is -4.42. The van der Waals surface area contributed by atoms with Crippen LogP contribution >= 0.6 is 12.2 Å². The van der Waals surface area contributed by atoms with Crippen LogP contribution in [-0.4, -0.2) is 49.5 Å². The Labute approximate surface area is 250 Å². The minimum Gasteiger partial charge on any atom is -0.494 e. The number of pyridine rings is 1. The quantitative estimate of drug-likeness (QED) is 0.215. The predicted molar refractivity (Wildman–Crippen MR) is 166 cm³/mol. The molecule has 42 heavy (non-hydrogen) atoms. The van der Waals surface area contributed by atoms with Crippen molar-refractivity contribution in [3.05, 3.63) is 101 Å². The third-order valence-corrected chi connectivity index (χ3v) is 8.10. The van der Waals surface area contributed by atoms with Crippen molar-refractivity contribution in [2.45, 2.75) is 25.9 Å². The molecule has 10 nitrogen and oxygen atoms in total. The molecule has 1 aliphatic heterocycles. The molecule has 1 aliphatic rings. The smallest absolute Gasteiger partial charge is 0.339 e. The molecular formula is C30H31N5O5S2. The van der Waals surface area contributed by atoms with E-state index in [1.165, 1.54) is 14.2 Å². The van der Waals surface area contributed by atoms with Crippen LogP contribution in [0.1, 0.15) is 45.1 Å². The van der Waals surface area contributed by atoms with Gasteiger partial charge in [-0.25, -0.2) is 13.2 Å². The van der Waals surface area contributed by atoms with E-state index in [0.29, 0.717) is 33.5 Å². The molecule has 3 heterocycles. The summed E-state index contributed by atoms with van der Waals surface area (Å²) in [7, 11) is -0.676. The summed E-state index contributed by atoms with van der Waals surface area (Å²) in [6.07, 6.45) is 2.83. The zero-order valence-electron chi connectivity index (χ0n) is 23.8. The number of thiocarbonyl (C=S) groups is 1. The number of rotatable bonds is 8. The van der Waals surface area contributed by atoms with Gasteiger partial charge in [-0.1, -0.05) is 18.2 Å². The first-order valence-corrected chi connectivity index (χ1v) is 15.4. The van der Waals surface area contributed by atoms with Gasteiger partial charge < -0.3 is 24.3 Å². The van der Waals surface area contributed by atoms with E-state index in [9.17, 15) is 13.2 Å². The number of benzene rings is 2. The van der Waals surface area contributed by atoms with Crippen LogP contribution in [0.15, 0.2) is 72.9 Å². The minimum absolute atomic E-state index is 0.316. The fourth-order valence-electron chi connectivity index (χ4n) is 5.47. The molecule has 1 fully saturated rings. The van der Waals surface area contributed by atoms with Gasteiger partial charge in [-0.3, -0.25) is 9.71 Å². The molecule has 0 amide bonds. The monoisotopic (exact) mass is 605 g/mol. The molecule has 0 radical (unpaired) electrons. The Balaban J connectivity index is 1.69. The van der Waals surface area contributed by atoms with Crippen LogP contribution in [0, 0.1) is 13.8 Å². The lowest BCUT2D eigenvalue weighted by Gasteiger charge is -2.29. The highest BCUT2D eigenvalue weighted by Crippen LogP contribution is 2.45. The lowest BCUT2D eigenvalue weighted by Crippen LogP contribution is -2.29. The molecule has 2 N–H and O–H groups in total. The molecule has 4 aromatic rings. The predicted octanol–water partition coefficient (Wildman–Crippen LogP) is 4.83. The maximum atomic E-state index is 12.7. The molecule has 12 heteroatoms.